The summed E-state index contributed by atoms with van der Waals surface area (Å²) in [6.07, 6.45) is 39.0. The Morgan fingerprint density at radius 2 is 1.58 bits per heavy atom. The van der Waals surface area contributed by atoms with E-state index in [4.69, 9.17) is 4.74 Å². The zero-order chi connectivity index (χ0) is 34.6. The summed E-state index contributed by atoms with van der Waals surface area (Å²) >= 11 is 0. The molecular formula is C46H78O2. The van der Waals surface area contributed by atoms with Gasteiger partial charge in [0.2, 0.25) is 0 Å². The molecule has 0 amide bonds. The van der Waals surface area contributed by atoms with Gasteiger partial charge < -0.3 is 4.74 Å². The molecule has 274 valence electrons. The molecule has 0 spiro atoms. The molecule has 4 rings (SSSR count). The van der Waals surface area contributed by atoms with Gasteiger partial charge >= 0.3 is 5.97 Å². The van der Waals surface area contributed by atoms with Crippen molar-refractivity contribution in [2.24, 2.45) is 52.3 Å². The van der Waals surface area contributed by atoms with Crippen LogP contribution in [0.4, 0.5) is 0 Å². The molecule has 4 aliphatic carbocycles. The molecule has 0 heterocycles. The average molecular weight is 663 g/mol. The highest BCUT2D eigenvalue weighted by Crippen LogP contribution is 2.67. The zero-order valence-electron chi connectivity index (χ0n) is 32.9. The SMILES string of the molecule is CC/C=C/C/C=C/CCCCCCCCCC(=O)OC1CCC2(C)C(=CCC3C2CCC2(C)C(C(C)CCC(CC)C(C)C)CCC32)C1. The van der Waals surface area contributed by atoms with E-state index in [-0.39, 0.29) is 12.1 Å². The number of esters is 1. The fraction of sp³-hybridized carbons (Fsp3) is 0.848. The number of carbonyl (C=O) groups is 1. The lowest BCUT2D eigenvalue weighted by Gasteiger charge is -2.58. The van der Waals surface area contributed by atoms with E-state index in [1.807, 2.05) is 0 Å². The van der Waals surface area contributed by atoms with E-state index in [0.717, 1.165) is 80.0 Å². The maximum absolute atomic E-state index is 12.8. The third kappa shape index (κ3) is 10.1. The lowest BCUT2D eigenvalue weighted by atomic mass is 9.47. The topological polar surface area (TPSA) is 26.3 Å². The molecule has 4 aliphatic rings. The summed E-state index contributed by atoms with van der Waals surface area (Å²) in [6, 6.07) is 0. The summed E-state index contributed by atoms with van der Waals surface area (Å²) in [5.74, 6) is 6.14. The molecule has 0 aliphatic heterocycles. The van der Waals surface area contributed by atoms with Crippen molar-refractivity contribution in [1.29, 1.82) is 0 Å². The van der Waals surface area contributed by atoms with Crippen LogP contribution in [0.3, 0.4) is 0 Å². The average Bonchev–Trinajstić information content (AvgIpc) is 3.42. The molecule has 0 N–H and O–H groups in total. The van der Waals surface area contributed by atoms with Crippen LogP contribution in [0.1, 0.15) is 190 Å². The van der Waals surface area contributed by atoms with Crippen LogP contribution in [0.15, 0.2) is 36.0 Å². The zero-order valence-corrected chi connectivity index (χ0v) is 32.9. The van der Waals surface area contributed by atoms with Gasteiger partial charge in [-0.25, -0.2) is 0 Å². The first kappa shape index (κ1) is 39.5. The van der Waals surface area contributed by atoms with Crippen LogP contribution in [0.2, 0.25) is 0 Å². The Bertz CT molecular complexity index is 1050. The number of hydrogen-bond acceptors (Lipinski definition) is 2. The minimum atomic E-state index is 0.0525. The molecule has 0 aromatic carbocycles. The van der Waals surface area contributed by atoms with Crippen LogP contribution in [0.5, 0.6) is 0 Å². The highest BCUT2D eigenvalue weighted by molar-refractivity contribution is 5.69. The molecule has 3 fully saturated rings. The van der Waals surface area contributed by atoms with E-state index in [0.29, 0.717) is 17.3 Å². The molecule has 2 nitrogen and oxygen atoms in total. The van der Waals surface area contributed by atoms with Gasteiger partial charge in [0.25, 0.3) is 0 Å². The molecule has 48 heavy (non-hydrogen) atoms. The minimum absolute atomic E-state index is 0.0525. The number of allylic oxidation sites excluding steroid dienone is 5. The summed E-state index contributed by atoms with van der Waals surface area (Å²) in [5, 5.41) is 0. The fourth-order valence-corrected chi connectivity index (χ4v) is 11.6. The predicted molar refractivity (Wildman–Crippen MR) is 207 cm³/mol. The van der Waals surface area contributed by atoms with Gasteiger partial charge in [-0.15, -0.1) is 0 Å². The van der Waals surface area contributed by atoms with Crippen LogP contribution in [0.25, 0.3) is 0 Å². The van der Waals surface area contributed by atoms with Crippen molar-refractivity contribution in [2.45, 2.75) is 196 Å². The van der Waals surface area contributed by atoms with Crippen molar-refractivity contribution >= 4 is 5.97 Å². The molecule has 0 bridgehead atoms. The van der Waals surface area contributed by atoms with Crippen molar-refractivity contribution in [2.75, 3.05) is 0 Å². The van der Waals surface area contributed by atoms with Crippen molar-refractivity contribution in [3.63, 3.8) is 0 Å². The number of hydrogen-bond donors (Lipinski definition) is 0. The smallest absolute Gasteiger partial charge is 0.306 e. The van der Waals surface area contributed by atoms with Gasteiger partial charge in [-0.3, -0.25) is 4.79 Å². The van der Waals surface area contributed by atoms with Crippen molar-refractivity contribution in [3.05, 3.63) is 36.0 Å². The Morgan fingerprint density at radius 3 is 2.31 bits per heavy atom. The molecule has 0 aromatic rings. The minimum Gasteiger partial charge on any atom is -0.462 e. The molecule has 3 saturated carbocycles. The van der Waals surface area contributed by atoms with Crippen LogP contribution < -0.4 is 0 Å². The molecule has 9 unspecified atom stereocenters. The molecule has 0 aromatic heterocycles. The van der Waals surface area contributed by atoms with Gasteiger partial charge in [-0.05, 0) is 136 Å². The van der Waals surface area contributed by atoms with E-state index in [1.165, 1.54) is 96.3 Å². The summed E-state index contributed by atoms with van der Waals surface area (Å²) in [5.41, 5.74) is 2.50. The van der Waals surface area contributed by atoms with Gasteiger partial charge in [0.15, 0.2) is 0 Å². The summed E-state index contributed by atoms with van der Waals surface area (Å²) in [7, 11) is 0. The first-order valence-electron chi connectivity index (χ1n) is 21.3. The third-order valence-electron chi connectivity index (χ3n) is 14.7. The second kappa shape index (κ2) is 19.3. The van der Waals surface area contributed by atoms with Gasteiger partial charge in [0.05, 0.1) is 0 Å². The van der Waals surface area contributed by atoms with Crippen LogP contribution in [-0.4, -0.2) is 12.1 Å². The van der Waals surface area contributed by atoms with Crippen molar-refractivity contribution < 1.29 is 9.53 Å². The van der Waals surface area contributed by atoms with Crippen molar-refractivity contribution in [3.8, 4) is 0 Å². The number of rotatable bonds is 20. The van der Waals surface area contributed by atoms with Gasteiger partial charge in [0.1, 0.15) is 6.10 Å². The predicted octanol–water partition coefficient (Wildman–Crippen LogP) is 14.0. The normalized spacial score (nSPS) is 33.0. The van der Waals surface area contributed by atoms with Crippen LogP contribution >= 0.6 is 0 Å². The second-order valence-corrected chi connectivity index (χ2v) is 17.9. The highest BCUT2D eigenvalue weighted by atomic mass is 16.5. The van der Waals surface area contributed by atoms with E-state index < -0.39 is 0 Å². The first-order valence-corrected chi connectivity index (χ1v) is 21.3. The summed E-state index contributed by atoms with van der Waals surface area (Å²) in [6.45, 7) is 17.4. The van der Waals surface area contributed by atoms with E-state index in [9.17, 15) is 4.79 Å². The van der Waals surface area contributed by atoms with Crippen molar-refractivity contribution in [1.82, 2.24) is 0 Å². The fourth-order valence-electron chi connectivity index (χ4n) is 11.6. The van der Waals surface area contributed by atoms with Crippen LogP contribution in [-0.2, 0) is 9.53 Å². The standard InChI is InChI=1S/C46H78O2/c1-8-10-11-12-13-14-15-16-17-18-19-20-21-22-23-44(47)48-39-30-32-45(6)38(34-39)26-27-40-42-29-28-41(46(42,7)33-31-43(40)45)36(5)24-25-37(9-2)35(3)4/h10-11,13-14,26,35-37,39-43H,8-9,12,15-25,27-34H2,1-7H3/b11-10+,14-13+. The molecule has 9 atom stereocenters. The van der Waals surface area contributed by atoms with Crippen LogP contribution in [0, 0.1) is 52.3 Å². The van der Waals surface area contributed by atoms with E-state index >= 15 is 0 Å². The van der Waals surface area contributed by atoms with E-state index in [1.54, 1.807) is 5.57 Å². The molecule has 0 saturated heterocycles. The largest absolute Gasteiger partial charge is 0.462 e. The maximum atomic E-state index is 12.8. The lowest BCUT2D eigenvalue weighted by Crippen LogP contribution is -2.51. The lowest BCUT2D eigenvalue weighted by molar-refractivity contribution is -0.151. The summed E-state index contributed by atoms with van der Waals surface area (Å²) < 4.78 is 6.13. The maximum Gasteiger partial charge on any atom is 0.306 e. The van der Waals surface area contributed by atoms with Gasteiger partial charge in [0, 0.05) is 12.8 Å². The Hall–Kier alpha value is -1.31. The Balaban J connectivity index is 1.15. The number of unbranched alkanes of at least 4 members (excludes halogenated alkanes) is 7. The second-order valence-electron chi connectivity index (χ2n) is 17.9. The Morgan fingerprint density at radius 1 is 0.854 bits per heavy atom. The summed E-state index contributed by atoms with van der Waals surface area (Å²) in [4.78, 5) is 12.8. The van der Waals surface area contributed by atoms with Gasteiger partial charge in [-0.1, -0.05) is 129 Å². The monoisotopic (exact) mass is 663 g/mol. The highest BCUT2D eigenvalue weighted by Gasteiger charge is 2.59. The molecular weight excluding hydrogens is 585 g/mol. The number of fused-ring (bicyclic) bond motifs is 5. The third-order valence-corrected chi connectivity index (χ3v) is 14.7. The Labute approximate surface area is 298 Å². The number of carbonyl (C=O) groups excluding carboxylic acids is 1. The van der Waals surface area contributed by atoms with Gasteiger partial charge in [-0.2, -0.15) is 0 Å². The Kier molecular flexibility index (Phi) is 15.9. The molecule has 0 radical (unpaired) electrons. The quantitative estimate of drug-likeness (QED) is 0.0736. The van der Waals surface area contributed by atoms with E-state index in [2.05, 4.69) is 78.8 Å². The first-order chi connectivity index (χ1) is 23.1. The number of ether oxygens (including phenoxy) is 1. The molecule has 2 heteroatoms.